The fraction of sp³-hybridized carbons (Fsp3) is 0.458. The smallest absolute Gasteiger partial charge is 0.262 e. The molecule has 0 unspecified atom stereocenters. The molecular weight excluding hydrogens is 396 g/mol. The fourth-order valence-electron chi connectivity index (χ4n) is 3.37. The predicted octanol–water partition coefficient (Wildman–Crippen LogP) is 5.36. The molecular formula is C24H34N2O3S. The van der Waals surface area contributed by atoms with Gasteiger partial charge in [-0.2, -0.15) is 0 Å². The highest BCUT2D eigenvalue weighted by Gasteiger charge is 2.20. The van der Waals surface area contributed by atoms with E-state index in [9.17, 15) is 13.2 Å². The molecule has 0 aliphatic carbocycles. The molecule has 0 bridgehead atoms. The van der Waals surface area contributed by atoms with Gasteiger partial charge in [-0.1, -0.05) is 51.3 Å². The van der Waals surface area contributed by atoms with E-state index in [1.54, 1.807) is 25.1 Å². The molecule has 6 heteroatoms. The van der Waals surface area contributed by atoms with Gasteiger partial charge < -0.3 is 5.32 Å². The Morgan fingerprint density at radius 1 is 1.03 bits per heavy atom. The zero-order valence-corrected chi connectivity index (χ0v) is 19.5. The van der Waals surface area contributed by atoms with E-state index in [0.29, 0.717) is 29.3 Å². The standard InChI is InChI=1S/C24H34N2O3S/c1-6-8-11-20(7-2)16-25-24(27)21-14-13-18(4)23(15-21)30(28,29)26-22-12-9-10-17(3)19(22)5/h9-10,12-15,20,26H,6-8,11,16H2,1-5H3,(H,25,27)/t20-/m0/s1. The highest BCUT2D eigenvalue weighted by molar-refractivity contribution is 7.92. The number of unbranched alkanes of at least 4 members (excludes halogenated alkanes) is 1. The Hall–Kier alpha value is -2.34. The maximum atomic E-state index is 13.0. The Morgan fingerprint density at radius 3 is 2.43 bits per heavy atom. The number of anilines is 1. The quantitative estimate of drug-likeness (QED) is 0.533. The van der Waals surface area contributed by atoms with Crippen molar-refractivity contribution in [3.8, 4) is 0 Å². The van der Waals surface area contributed by atoms with Crippen molar-refractivity contribution in [1.82, 2.24) is 5.32 Å². The summed E-state index contributed by atoms with van der Waals surface area (Å²) in [6.07, 6.45) is 4.37. The second kappa shape index (κ2) is 10.6. The lowest BCUT2D eigenvalue weighted by Gasteiger charge is -2.16. The molecule has 2 aromatic carbocycles. The minimum Gasteiger partial charge on any atom is -0.352 e. The molecule has 0 aliphatic heterocycles. The monoisotopic (exact) mass is 430 g/mol. The summed E-state index contributed by atoms with van der Waals surface area (Å²) in [6.45, 7) is 10.4. The Labute approximate surface area is 181 Å². The van der Waals surface area contributed by atoms with Crippen LogP contribution in [0.4, 0.5) is 5.69 Å². The van der Waals surface area contributed by atoms with Crippen LogP contribution in [0.15, 0.2) is 41.3 Å². The molecule has 2 rings (SSSR count). The van der Waals surface area contributed by atoms with Crippen molar-refractivity contribution in [2.24, 2.45) is 5.92 Å². The summed E-state index contributed by atoms with van der Waals surface area (Å²) >= 11 is 0. The van der Waals surface area contributed by atoms with Gasteiger partial charge in [-0.3, -0.25) is 9.52 Å². The number of hydrogen-bond acceptors (Lipinski definition) is 3. The molecule has 0 heterocycles. The van der Waals surface area contributed by atoms with E-state index in [1.165, 1.54) is 6.07 Å². The Balaban J connectivity index is 2.21. The molecule has 5 nitrogen and oxygen atoms in total. The SMILES string of the molecule is CCCC[C@H](CC)CNC(=O)c1ccc(C)c(S(=O)(=O)Nc2cccc(C)c2C)c1. The number of aryl methyl sites for hydroxylation is 2. The summed E-state index contributed by atoms with van der Waals surface area (Å²) in [4.78, 5) is 12.8. The zero-order valence-electron chi connectivity index (χ0n) is 18.7. The molecule has 0 saturated carbocycles. The minimum absolute atomic E-state index is 0.120. The number of benzene rings is 2. The average molecular weight is 431 g/mol. The van der Waals surface area contributed by atoms with Crippen LogP contribution in [0.2, 0.25) is 0 Å². The van der Waals surface area contributed by atoms with Crippen LogP contribution in [-0.4, -0.2) is 20.9 Å². The van der Waals surface area contributed by atoms with Gasteiger partial charge in [0.2, 0.25) is 0 Å². The van der Waals surface area contributed by atoms with E-state index in [0.717, 1.165) is 36.8 Å². The molecule has 2 aromatic rings. The molecule has 1 atom stereocenters. The highest BCUT2D eigenvalue weighted by atomic mass is 32.2. The molecule has 0 saturated heterocycles. The molecule has 1 amide bonds. The number of sulfonamides is 1. The summed E-state index contributed by atoms with van der Waals surface area (Å²) in [5.74, 6) is 0.196. The molecule has 30 heavy (non-hydrogen) atoms. The van der Waals surface area contributed by atoms with Crippen molar-refractivity contribution < 1.29 is 13.2 Å². The van der Waals surface area contributed by atoms with E-state index in [-0.39, 0.29) is 10.8 Å². The summed E-state index contributed by atoms with van der Waals surface area (Å²) in [6, 6.07) is 10.3. The summed E-state index contributed by atoms with van der Waals surface area (Å²) in [5, 5.41) is 2.97. The van der Waals surface area contributed by atoms with E-state index in [1.807, 2.05) is 26.0 Å². The third-order valence-electron chi connectivity index (χ3n) is 5.68. The van der Waals surface area contributed by atoms with Gasteiger partial charge in [-0.25, -0.2) is 8.42 Å². The van der Waals surface area contributed by atoms with E-state index in [4.69, 9.17) is 0 Å². The zero-order chi connectivity index (χ0) is 22.3. The maximum Gasteiger partial charge on any atom is 0.262 e. The molecule has 2 N–H and O–H groups in total. The van der Waals surface area contributed by atoms with Crippen LogP contribution < -0.4 is 10.0 Å². The van der Waals surface area contributed by atoms with Gasteiger partial charge in [0.1, 0.15) is 0 Å². The molecule has 164 valence electrons. The van der Waals surface area contributed by atoms with Gasteiger partial charge in [0.15, 0.2) is 0 Å². The van der Waals surface area contributed by atoms with E-state index >= 15 is 0 Å². The third-order valence-corrected chi connectivity index (χ3v) is 7.19. The lowest BCUT2D eigenvalue weighted by atomic mass is 9.99. The number of rotatable bonds is 10. The maximum absolute atomic E-state index is 13.0. The van der Waals surface area contributed by atoms with Crippen LogP contribution in [0, 0.1) is 26.7 Å². The lowest BCUT2D eigenvalue weighted by Crippen LogP contribution is -2.29. The average Bonchev–Trinajstić information content (AvgIpc) is 2.71. The van der Waals surface area contributed by atoms with Crippen molar-refractivity contribution in [3.05, 3.63) is 58.7 Å². The second-order valence-electron chi connectivity index (χ2n) is 7.96. The van der Waals surface area contributed by atoms with Gasteiger partial charge in [-0.05, 0) is 68.0 Å². The third kappa shape index (κ3) is 6.08. The minimum atomic E-state index is -3.82. The Kier molecular flexibility index (Phi) is 8.47. The largest absolute Gasteiger partial charge is 0.352 e. The molecule has 0 aliphatic rings. The van der Waals surface area contributed by atoms with Gasteiger partial charge in [0.05, 0.1) is 10.6 Å². The lowest BCUT2D eigenvalue weighted by molar-refractivity contribution is 0.0945. The summed E-state index contributed by atoms with van der Waals surface area (Å²) in [5.41, 5.74) is 3.39. The van der Waals surface area contributed by atoms with E-state index in [2.05, 4.69) is 23.9 Å². The molecule has 0 aromatic heterocycles. The van der Waals surface area contributed by atoms with E-state index < -0.39 is 10.0 Å². The van der Waals surface area contributed by atoms with Crippen LogP contribution in [0.3, 0.4) is 0 Å². The molecule has 0 spiro atoms. The first-order valence-corrected chi connectivity index (χ1v) is 12.2. The van der Waals surface area contributed by atoms with Crippen molar-refractivity contribution in [3.63, 3.8) is 0 Å². The van der Waals surface area contributed by atoms with Crippen LogP contribution >= 0.6 is 0 Å². The number of amides is 1. The van der Waals surface area contributed by atoms with Crippen LogP contribution in [0.5, 0.6) is 0 Å². The number of nitrogens with one attached hydrogen (secondary N) is 2. The normalized spacial score (nSPS) is 12.4. The van der Waals surface area contributed by atoms with Crippen LogP contribution in [-0.2, 0) is 10.0 Å². The first-order valence-electron chi connectivity index (χ1n) is 10.7. The summed E-state index contributed by atoms with van der Waals surface area (Å²) < 4.78 is 28.8. The second-order valence-corrected chi connectivity index (χ2v) is 9.61. The van der Waals surface area contributed by atoms with Gasteiger partial charge in [0, 0.05) is 12.1 Å². The topological polar surface area (TPSA) is 75.3 Å². The van der Waals surface area contributed by atoms with Crippen molar-refractivity contribution >= 4 is 21.6 Å². The first-order chi connectivity index (χ1) is 14.2. The van der Waals surface area contributed by atoms with Crippen LogP contribution in [0.25, 0.3) is 0 Å². The number of carbonyl (C=O) groups excluding carboxylic acids is 1. The Bertz CT molecular complexity index is 984. The number of hydrogen-bond donors (Lipinski definition) is 2. The van der Waals surface area contributed by atoms with Crippen LogP contribution in [0.1, 0.15) is 66.6 Å². The van der Waals surface area contributed by atoms with Crippen molar-refractivity contribution in [2.45, 2.75) is 65.2 Å². The van der Waals surface area contributed by atoms with Gasteiger partial charge in [0.25, 0.3) is 15.9 Å². The Morgan fingerprint density at radius 2 is 1.77 bits per heavy atom. The molecule has 0 fully saturated rings. The van der Waals surface area contributed by atoms with Crippen molar-refractivity contribution in [2.75, 3.05) is 11.3 Å². The summed E-state index contributed by atoms with van der Waals surface area (Å²) in [7, 11) is -3.82. The first kappa shape index (κ1) is 23.9. The van der Waals surface area contributed by atoms with Gasteiger partial charge in [-0.15, -0.1) is 0 Å². The fourth-order valence-corrected chi connectivity index (χ4v) is 4.77. The van der Waals surface area contributed by atoms with Crippen molar-refractivity contribution in [1.29, 1.82) is 0 Å². The predicted molar refractivity (Wildman–Crippen MR) is 124 cm³/mol. The van der Waals surface area contributed by atoms with Gasteiger partial charge >= 0.3 is 0 Å². The highest BCUT2D eigenvalue weighted by Crippen LogP contribution is 2.24. The molecule has 0 radical (unpaired) electrons. The number of carbonyl (C=O) groups is 1.